The molecule has 1 aliphatic rings. The minimum Gasteiger partial charge on any atom is -0.366 e. The first-order chi connectivity index (χ1) is 14.0. The molecule has 0 unspecified atom stereocenters. The van der Waals surface area contributed by atoms with Crippen molar-refractivity contribution < 1.29 is 9.59 Å². The number of carbonyl (C=O) groups excluding carboxylic acids is 2. The average molecular weight is 391 g/mol. The molecule has 1 saturated heterocycles. The topological polar surface area (TPSA) is 102 Å². The van der Waals surface area contributed by atoms with Crippen LogP contribution < -0.4 is 11.1 Å². The highest BCUT2D eigenvalue weighted by molar-refractivity contribution is 6.03. The van der Waals surface area contributed by atoms with Gasteiger partial charge in [-0.2, -0.15) is 5.26 Å². The third-order valence-corrected chi connectivity index (χ3v) is 5.00. The van der Waals surface area contributed by atoms with Gasteiger partial charge in [0, 0.05) is 19.6 Å². The maximum Gasteiger partial charge on any atom is 0.250 e. The Balaban J connectivity index is 1.51. The summed E-state index contributed by atoms with van der Waals surface area (Å²) in [7, 11) is 0. The molecule has 0 spiro atoms. The second kappa shape index (κ2) is 9.82. The van der Waals surface area contributed by atoms with Crippen LogP contribution >= 0.6 is 0 Å². The number of hydrogen-bond acceptors (Lipinski definition) is 5. The van der Waals surface area contributed by atoms with Crippen LogP contribution in [-0.4, -0.2) is 54.3 Å². The van der Waals surface area contributed by atoms with Crippen molar-refractivity contribution in [3.8, 4) is 6.07 Å². The van der Waals surface area contributed by atoms with Crippen LogP contribution in [0, 0.1) is 11.3 Å². The van der Waals surface area contributed by atoms with Crippen LogP contribution in [0.5, 0.6) is 0 Å². The number of amides is 2. The SMILES string of the molecule is N#Cc1ccc(CN2CCCN(CC(=O)Nc3ccccc3C(N)=O)CC2)cc1. The maximum atomic E-state index is 12.5. The Morgan fingerprint density at radius 1 is 1.00 bits per heavy atom. The fourth-order valence-electron chi connectivity index (χ4n) is 3.48. The molecule has 29 heavy (non-hydrogen) atoms. The predicted octanol–water partition coefficient (Wildman–Crippen LogP) is 1.80. The molecule has 0 aliphatic carbocycles. The lowest BCUT2D eigenvalue weighted by Gasteiger charge is -2.21. The number of carbonyl (C=O) groups is 2. The van der Waals surface area contributed by atoms with Gasteiger partial charge in [-0.05, 0) is 49.3 Å². The van der Waals surface area contributed by atoms with E-state index < -0.39 is 5.91 Å². The van der Waals surface area contributed by atoms with Crippen LogP contribution in [0.1, 0.15) is 27.9 Å². The predicted molar refractivity (Wildman–Crippen MR) is 111 cm³/mol. The van der Waals surface area contributed by atoms with E-state index in [0.717, 1.165) is 39.1 Å². The van der Waals surface area contributed by atoms with Crippen molar-refractivity contribution >= 4 is 17.5 Å². The third-order valence-electron chi connectivity index (χ3n) is 5.00. The van der Waals surface area contributed by atoms with Gasteiger partial charge in [0.15, 0.2) is 0 Å². The lowest BCUT2D eigenvalue weighted by Crippen LogP contribution is -2.36. The molecule has 2 aromatic rings. The van der Waals surface area contributed by atoms with E-state index in [4.69, 9.17) is 11.0 Å². The molecule has 7 nitrogen and oxygen atoms in total. The van der Waals surface area contributed by atoms with E-state index in [-0.39, 0.29) is 12.5 Å². The highest BCUT2D eigenvalue weighted by atomic mass is 16.2. The van der Waals surface area contributed by atoms with Crippen molar-refractivity contribution in [1.29, 1.82) is 5.26 Å². The summed E-state index contributed by atoms with van der Waals surface area (Å²) in [5.74, 6) is -0.714. The monoisotopic (exact) mass is 391 g/mol. The number of para-hydroxylation sites is 1. The number of nitrogens with two attached hydrogens (primary N) is 1. The third kappa shape index (κ3) is 5.88. The number of rotatable bonds is 6. The molecule has 1 aliphatic heterocycles. The molecule has 3 rings (SSSR count). The van der Waals surface area contributed by atoms with Gasteiger partial charge in [0.05, 0.1) is 29.4 Å². The Morgan fingerprint density at radius 2 is 1.69 bits per heavy atom. The van der Waals surface area contributed by atoms with E-state index in [1.54, 1.807) is 24.3 Å². The molecule has 150 valence electrons. The Labute approximate surface area is 170 Å². The first-order valence-corrected chi connectivity index (χ1v) is 9.67. The van der Waals surface area contributed by atoms with E-state index in [1.165, 1.54) is 5.56 Å². The molecule has 0 atom stereocenters. The highest BCUT2D eigenvalue weighted by Gasteiger charge is 2.18. The van der Waals surface area contributed by atoms with E-state index in [9.17, 15) is 9.59 Å². The van der Waals surface area contributed by atoms with Crippen molar-refractivity contribution in [1.82, 2.24) is 9.80 Å². The maximum absolute atomic E-state index is 12.5. The first-order valence-electron chi connectivity index (χ1n) is 9.67. The van der Waals surface area contributed by atoms with Crippen LogP contribution in [0.2, 0.25) is 0 Å². The van der Waals surface area contributed by atoms with Crippen molar-refractivity contribution in [2.45, 2.75) is 13.0 Å². The summed E-state index contributed by atoms with van der Waals surface area (Å²) in [5, 5.41) is 11.7. The number of primary amides is 1. The van der Waals surface area contributed by atoms with Crippen LogP contribution in [0.25, 0.3) is 0 Å². The summed E-state index contributed by atoms with van der Waals surface area (Å²) in [4.78, 5) is 28.4. The van der Waals surface area contributed by atoms with Gasteiger partial charge in [0.2, 0.25) is 5.91 Å². The standard InChI is InChI=1S/C22H25N5O2/c23-14-17-6-8-18(9-7-17)15-26-10-3-11-27(13-12-26)16-21(28)25-20-5-2-1-4-19(20)22(24)29/h1-2,4-9H,3,10-13,15-16H2,(H2,24,29)(H,25,28). The van der Waals surface area contributed by atoms with E-state index >= 15 is 0 Å². The quantitative estimate of drug-likeness (QED) is 0.782. The molecule has 0 aromatic heterocycles. The summed E-state index contributed by atoms with van der Waals surface area (Å²) >= 11 is 0. The molecule has 7 heteroatoms. The van der Waals surface area contributed by atoms with E-state index in [0.29, 0.717) is 16.8 Å². The van der Waals surface area contributed by atoms with Crippen molar-refractivity contribution in [2.75, 3.05) is 38.0 Å². The summed E-state index contributed by atoms with van der Waals surface area (Å²) in [6.45, 7) is 4.57. The fraction of sp³-hybridized carbons (Fsp3) is 0.318. The van der Waals surface area contributed by atoms with Gasteiger partial charge in [-0.15, -0.1) is 0 Å². The Hall–Kier alpha value is -3.21. The summed E-state index contributed by atoms with van der Waals surface area (Å²) in [6.07, 6.45) is 0.974. The first kappa shape index (κ1) is 20.5. The molecule has 3 N–H and O–H groups in total. The highest BCUT2D eigenvalue weighted by Crippen LogP contribution is 2.15. The van der Waals surface area contributed by atoms with Gasteiger partial charge < -0.3 is 11.1 Å². The van der Waals surface area contributed by atoms with E-state index in [1.807, 2.05) is 24.3 Å². The fourth-order valence-corrected chi connectivity index (χ4v) is 3.48. The van der Waals surface area contributed by atoms with Crippen LogP contribution in [0.3, 0.4) is 0 Å². The van der Waals surface area contributed by atoms with Crippen LogP contribution in [-0.2, 0) is 11.3 Å². The summed E-state index contributed by atoms with van der Waals surface area (Å²) in [6, 6.07) is 16.6. The molecular weight excluding hydrogens is 366 g/mol. The lowest BCUT2D eigenvalue weighted by atomic mass is 10.1. The normalized spacial score (nSPS) is 15.3. The summed E-state index contributed by atoms with van der Waals surface area (Å²) in [5.41, 5.74) is 7.97. The number of nitrogens with zero attached hydrogens (tertiary/aromatic N) is 3. The number of nitriles is 1. The van der Waals surface area contributed by atoms with Gasteiger partial charge in [-0.25, -0.2) is 0 Å². The van der Waals surface area contributed by atoms with Crippen LogP contribution in [0.4, 0.5) is 5.69 Å². The number of nitrogens with one attached hydrogen (secondary N) is 1. The van der Waals surface area contributed by atoms with Gasteiger partial charge in [-0.1, -0.05) is 24.3 Å². The zero-order chi connectivity index (χ0) is 20.6. The Kier molecular flexibility index (Phi) is 6.95. The zero-order valence-corrected chi connectivity index (χ0v) is 16.3. The largest absolute Gasteiger partial charge is 0.366 e. The van der Waals surface area contributed by atoms with Gasteiger partial charge >= 0.3 is 0 Å². The zero-order valence-electron chi connectivity index (χ0n) is 16.3. The second-order valence-electron chi connectivity index (χ2n) is 7.17. The molecule has 1 fully saturated rings. The van der Waals surface area contributed by atoms with Gasteiger partial charge in [0.25, 0.3) is 5.91 Å². The number of hydrogen-bond donors (Lipinski definition) is 2. The molecule has 0 radical (unpaired) electrons. The average Bonchev–Trinajstić information content (AvgIpc) is 2.94. The van der Waals surface area contributed by atoms with Crippen molar-refractivity contribution in [3.05, 3.63) is 65.2 Å². The van der Waals surface area contributed by atoms with Gasteiger partial charge in [0.1, 0.15) is 0 Å². The smallest absolute Gasteiger partial charge is 0.250 e. The van der Waals surface area contributed by atoms with Crippen molar-refractivity contribution in [3.63, 3.8) is 0 Å². The van der Waals surface area contributed by atoms with E-state index in [2.05, 4.69) is 21.2 Å². The molecule has 1 heterocycles. The molecule has 2 amide bonds. The molecule has 0 saturated carbocycles. The Bertz CT molecular complexity index is 904. The van der Waals surface area contributed by atoms with Crippen molar-refractivity contribution in [2.24, 2.45) is 5.73 Å². The minimum atomic E-state index is -0.561. The molecule has 0 bridgehead atoms. The minimum absolute atomic E-state index is 0.153. The number of anilines is 1. The Morgan fingerprint density at radius 3 is 2.41 bits per heavy atom. The van der Waals surface area contributed by atoms with Gasteiger partial charge in [-0.3, -0.25) is 19.4 Å². The second-order valence-corrected chi connectivity index (χ2v) is 7.17. The lowest BCUT2D eigenvalue weighted by molar-refractivity contribution is -0.117. The number of benzene rings is 2. The van der Waals surface area contributed by atoms with Crippen LogP contribution in [0.15, 0.2) is 48.5 Å². The molecule has 2 aromatic carbocycles. The summed E-state index contributed by atoms with van der Waals surface area (Å²) < 4.78 is 0. The molecular formula is C22H25N5O2.